The first-order chi connectivity index (χ1) is 13.3. The number of aryl methyl sites for hydroxylation is 2. The van der Waals surface area contributed by atoms with Crippen LogP contribution in [0.15, 0.2) is 24.4 Å². The Morgan fingerprint density at radius 2 is 2.04 bits per heavy atom. The van der Waals surface area contributed by atoms with Crippen LogP contribution in [-0.4, -0.2) is 39.4 Å². The lowest BCUT2D eigenvalue weighted by atomic mass is 10.2. The van der Waals surface area contributed by atoms with Gasteiger partial charge in [-0.2, -0.15) is 19.7 Å². The number of hydrogen-bond acceptors (Lipinski definition) is 8. The molecule has 0 bridgehead atoms. The molecule has 0 atom stereocenters. The van der Waals surface area contributed by atoms with Crippen molar-refractivity contribution in [1.29, 1.82) is 0 Å². The number of nitrogens with zero attached hydrogens (tertiary/aromatic N) is 8. The monoisotopic (exact) mass is 383 g/mol. The summed E-state index contributed by atoms with van der Waals surface area (Å²) < 4.78 is 17.2. The molecule has 2 N–H and O–H groups in total. The van der Waals surface area contributed by atoms with Crippen LogP contribution in [0.1, 0.15) is 17.2 Å². The molecule has 0 aliphatic heterocycles. The molecule has 11 nitrogen and oxygen atoms in total. The van der Waals surface area contributed by atoms with Crippen LogP contribution in [0, 0.1) is 29.8 Å². The first-order valence-electron chi connectivity index (χ1n) is 8.16. The normalized spacial score (nSPS) is 11.2. The van der Waals surface area contributed by atoms with Crippen molar-refractivity contribution in [3.63, 3.8) is 0 Å². The number of nitro groups is 1. The summed E-state index contributed by atoms with van der Waals surface area (Å²) in [5.41, 5.74) is 6.13. The number of nitrogens with two attached hydrogens (primary N) is 1. The fraction of sp³-hybridized carbons (Fsp3) is 0.188. The van der Waals surface area contributed by atoms with E-state index >= 15 is 0 Å². The number of nitro benzene ring substituents is 1. The number of non-ortho nitro benzene ring substituents is 1. The molecule has 4 rings (SSSR count). The third kappa shape index (κ3) is 2.90. The molecule has 142 valence electrons. The lowest BCUT2D eigenvalue weighted by molar-refractivity contribution is -0.385. The molecule has 0 aliphatic carbocycles. The molecular formula is C16H14FN9O2. The van der Waals surface area contributed by atoms with Crippen LogP contribution in [0.5, 0.6) is 0 Å². The Balaban J connectivity index is 1.80. The Morgan fingerprint density at radius 3 is 2.68 bits per heavy atom. The van der Waals surface area contributed by atoms with E-state index in [2.05, 4.69) is 25.1 Å². The van der Waals surface area contributed by atoms with Crippen LogP contribution in [-0.2, 0) is 6.54 Å². The van der Waals surface area contributed by atoms with Crippen LogP contribution >= 0.6 is 0 Å². The maximum Gasteiger partial charge on any atom is 0.272 e. The SMILES string of the molecule is Cc1nc(C)n(-c2nc(N)nc3c2cnn3Cc2ccc([N+](=O)[O-])cc2F)n1. The van der Waals surface area contributed by atoms with Gasteiger partial charge in [0.1, 0.15) is 17.5 Å². The highest BCUT2D eigenvalue weighted by Crippen LogP contribution is 2.23. The number of halogens is 1. The maximum atomic E-state index is 14.3. The average molecular weight is 383 g/mol. The first kappa shape index (κ1) is 17.5. The first-order valence-corrected chi connectivity index (χ1v) is 8.16. The average Bonchev–Trinajstić information content (AvgIpc) is 3.18. The number of anilines is 1. The Labute approximate surface area is 156 Å². The van der Waals surface area contributed by atoms with Crippen molar-refractivity contribution < 1.29 is 9.31 Å². The standard InChI is InChI=1S/C16H14FN9O2/c1-8-20-9(2)25(23-8)15-12-6-19-24(14(12)21-16(18)22-15)7-10-3-4-11(26(27)28)5-13(10)17/h3-6H,7H2,1-2H3,(H2,18,21,22). The van der Waals surface area contributed by atoms with Gasteiger partial charge in [0.15, 0.2) is 11.5 Å². The van der Waals surface area contributed by atoms with Crippen molar-refractivity contribution in [3.8, 4) is 5.82 Å². The number of benzene rings is 1. The summed E-state index contributed by atoms with van der Waals surface area (Å²) in [6.07, 6.45) is 1.53. The highest BCUT2D eigenvalue weighted by Gasteiger charge is 2.18. The lowest BCUT2D eigenvalue weighted by Gasteiger charge is -2.07. The third-order valence-electron chi connectivity index (χ3n) is 4.14. The quantitative estimate of drug-likeness (QED) is 0.414. The van der Waals surface area contributed by atoms with Crippen LogP contribution in [0.2, 0.25) is 0 Å². The summed E-state index contributed by atoms with van der Waals surface area (Å²) >= 11 is 0. The fourth-order valence-electron chi connectivity index (χ4n) is 2.89. The van der Waals surface area contributed by atoms with Crippen molar-refractivity contribution in [2.75, 3.05) is 5.73 Å². The molecular weight excluding hydrogens is 369 g/mol. The summed E-state index contributed by atoms with van der Waals surface area (Å²) in [6.45, 7) is 3.55. The van der Waals surface area contributed by atoms with Gasteiger partial charge in [0.05, 0.1) is 29.1 Å². The Hall–Kier alpha value is -3.96. The topological polar surface area (TPSA) is 143 Å². The second-order valence-corrected chi connectivity index (χ2v) is 6.10. The van der Waals surface area contributed by atoms with E-state index in [0.717, 1.165) is 6.07 Å². The van der Waals surface area contributed by atoms with Gasteiger partial charge in [0, 0.05) is 11.6 Å². The van der Waals surface area contributed by atoms with Gasteiger partial charge in [0.25, 0.3) is 5.69 Å². The van der Waals surface area contributed by atoms with Crippen LogP contribution in [0.3, 0.4) is 0 Å². The van der Waals surface area contributed by atoms with Crippen LogP contribution < -0.4 is 5.73 Å². The molecule has 0 unspecified atom stereocenters. The zero-order valence-electron chi connectivity index (χ0n) is 14.9. The molecule has 0 radical (unpaired) electrons. The van der Waals surface area contributed by atoms with Gasteiger partial charge in [-0.1, -0.05) is 0 Å². The second kappa shape index (κ2) is 6.33. The van der Waals surface area contributed by atoms with Crippen molar-refractivity contribution >= 4 is 22.7 Å². The molecule has 0 spiro atoms. The Bertz CT molecular complexity index is 1230. The van der Waals surface area contributed by atoms with Gasteiger partial charge in [0.2, 0.25) is 5.95 Å². The summed E-state index contributed by atoms with van der Waals surface area (Å²) in [4.78, 5) is 22.8. The van der Waals surface area contributed by atoms with E-state index in [1.165, 1.54) is 27.7 Å². The molecule has 28 heavy (non-hydrogen) atoms. The highest BCUT2D eigenvalue weighted by molar-refractivity contribution is 5.83. The van der Waals surface area contributed by atoms with Gasteiger partial charge in [-0.25, -0.2) is 14.1 Å². The molecule has 3 aromatic heterocycles. The maximum absolute atomic E-state index is 14.3. The largest absolute Gasteiger partial charge is 0.368 e. The van der Waals surface area contributed by atoms with E-state index in [9.17, 15) is 14.5 Å². The van der Waals surface area contributed by atoms with Gasteiger partial charge in [-0.3, -0.25) is 10.1 Å². The van der Waals surface area contributed by atoms with E-state index in [0.29, 0.717) is 28.5 Å². The van der Waals surface area contributed by atoms with Crippen molar-refractivity contribution in [1.82, 2.24) is 34.5 Å². The molecule has 0 fully saturated rings. The number of aromatic nitrogens is 7. The minimum atomic E-state index is -0.706. The molecule has 12 heteroatoms. The molecule has 4 aromatic rings. The number of fused-ring (bicyclic) bond motifs is 1. The molecule has 1 aromatic carbocycles. The number of hydrogen-bond donors (Lipinski definition) is 1. The van der Waals surface area contributed by atoms with Gasteiger partial charge in [-0.15, -0.1) is 5.10 Å². The predicted octanol–water partition coefficient (Wildman–Crippen LogP) is 1.70. The smallest absolute Gasteiger partial charge is 0.272 e. The summed E-state index contributed by atoms with van der Waals surface area (Å²) in [6, 6.07) is 3.45. The van der Waals surface area contributed by atoms with Gasteiger partial charge >= 0.3 is 0 Å². The third-order valence-corrected chi connectivity index (χ3v) is 4.14. The van der Waals surface area contributed by atoms with Crippen molar-refractivity contribution in [2.45, 2.75) is 20.4 Å². The van der Waals surface area contributed by atoms with E-state index < -0.39 is 10.7 Å². The summed E-state index contributed by atoms with van der Waals surface area (Å²) in [5.74, 6) is 0.897. The molecule has 0 amide bonds. The molecule has 3 heterocycles. The van der Waals surface area contributed by atoms with Crippen molar-refractivity contribution in [2.24, 2.45) is 0 Å². The van der Waals surface area contributed by atoms with Crippen molar-refractivity contribution in [3.05, 3.63) is 57.5 Å². The summed E-state index contributed by atoms with van der Waals surface area (Å²) in [5, 5.41) is 19.9. The Morgan fingerprint density at radius 1 is 1.25 bits per heavy atom. The van der Waals surface area contributed by atoms with E-state index in [1.807, 2.05) is 0 Å². The minimum Gasteiger partial charge on any atom is -0.368 e. The Kier molecular flexibility index (Phi) is 3.95. The van der Waals surface area contributed by atoms with E-state index in [4.69, 9.17) is 5.73 Å². The minimum absolute atomic E-state index is 0.000902. The van der Waals surface area contributed by atoms with E-state index in [-0.39, 0.29) is 23.7 Å². The van der Waals surface area contributed by atoms with E-state index in [1.54, 1.807) is 13.8 Å². The second-order valence-electron chi connectivity index (χ2n) is 6.10. The molecule has 0 saturated carbocycles. The zero-order chi connectivity index (χ0) is 20.0. The van der Waals surface area contributed by atoms with Crippen LogP contribution in [0.4, 0.5) is 16.0 Å². The summed E-state index contributed by atoms with van der Waals surface area (Å²) in [7, 11) is 0. The predicted molar refractivity (Wildman–Crippen MR) is 96.3 cm³/mol. The molecule has 0 aliphatic rings. The van der Waals surface area contributed by atoms with Gasteiger partial charge < -0.3 is 5.73 Å². The van der Waals surface area contributed by atoms with Crippen LogP contribution in [0.25, 0.3) is 16.9 Å². The fourth-order valence-corrected chi connectivity index (χ4v) is 2.89. The van der Waals surface area contributed by atoms with Gasteiger partial charge in [-0.05, 0) is 19.9 Å². The number of nitrogen functional groups attached to an aromatic ring is 1. The highest BCUT2D eigenvalue weighted by atomic mass is 19.1. The number of rotatable bonds is 4. The molecule has 0 saturated heterocycles. The lowest BCUT2D eigenvalue weighted by Crippen LogP contribution is -2.09. The zero-order valence-corrected chi connectivity index (χ0v) is 14.9.